The molecule has 5 rings (SSSR count). The number of para-hydroxylation sites is 1. The Balaban J connectivity index is 1.46. The van der Waals surface area contributed by atoms with E-state index in [1.54, 1.807) is 18.2 Å². The molecule has 2 aromatic carbocycles. The van der Waals surface area contributed by atoms with Gasteiger partial charge in [0.2, 0.25) is 9.84 Å². The van der Waals surface area contributed by atoms with Gasteiger partial charge in [-0.3, -0.25) is 4.90 Å². The number of sulfone groups is 1. The van der Waals surface area contributed by atoms with E-state index in [-0.39, 0.29) is 5.04 Å². The molecule has 0 aliphatic carbocycles. The first kappa shape index (κ1) is 16.0. The average molecular weight is 364 g/mol. The van der Waals surface area contributed by atoms with E-state index in [1.807, 2.05) is 12.1 Å². The lowest BCUT2D eigenvalue weighted by molar-refractivity contribution is 0.198. The molecule has 132 valence electrons. The summed E-state index contributed by atoms with van der Waals surface area (Å²) in [6.07, 6.45) is 5.10. The molecule has 26 heavy (non-hydrogen) atoms. The van der Waals surface area contributed by atoms with E-state index in [4.69, 9.17) is 0 Å². The Morgan fingerprint density at radius 1 is 1.00 bits per heavy atom. The van der Waals surface area contributed by atoms with Gasteiger partial charge in [0.15, 0.2) is 5.04 Å². The lowest BCUT2D eigenvalue weighted by Crippen LogP contribution is -2.39. The molecule has 2 unspecified atom stereocenters. The number of hydrogen-bond acceptors (Lipinski definition) is 4. The van der Waals surface area contributed by atoms with E-state index in [0.29, 0.717) is 22.7 Å². The molecule has 0 spiro atoms. The van der Waals surface area contributed by atoms with Crippen LogP contribution in [0.1, 0.15) is 24.8 Å². The predicted octanol–water partition coefficient (Wildman–Crippen LogP) is 3.87. The first-order valence-corrected chi connectivity index (χ1v) is 10.5. The first-order valence-electron chi connectivity index (χ1n) is 9.06. The molecule has 3 aliphatic rings. The van der Waals surface area contributed by atoms with Crippen LogP contribution in [-0.2, 0) is 16.4 Å². The van der Waals surface area contributed by atoms with E-state index < -0.39 is 9.84 Å². The zero-order valence-corrected chi connectivity index (χ0v) is 15.2. The van der Waals surface area contributed by atoms with Crippen LogP contribution >= 0.6 is 0 Å². The summed E-state index contributed by atoms with van der Waals surface area (Å²) >= 11 is 0. The summed E-state index contributed by atoms with van der Waals surface area (Å²) in [4.78, 5) is 7.33. The van der Waals surface area contributed by atoms with Gasteiger partial charge in [-0.2, -0.15) is 0 Å². The molecule has 1 saturated heterocycles. The summed E-state index contributed by atoms with van der Waals surface area (Å²) in [7, 11) is -3.48. The summed E-state index contributed by atoms with van der Waals surface area (Å²) in [6, 6.07) is 18.2. The molecule has 3 aliphatic heterocycles. The second-order valence-corrected chi connectivity index (χ2v) is 9.07. The number of hydrogen-bond donors (Lipinski definition) is 0. The highest BCUT2D eigenvalue weighted by atomic mass is 32.2. The van der Waals surface area contributed by atoms with Crippen molar-refractivity contribution in [2.45, 2.75) is 42.8 Å². The maximum Gasteiger partial charge on any atom is 0.226 e. The number of benzene rings is 2. The van der Waals surface area contributed by atoms with Gasteiger partial charge in [-0.15, -0.1) is 0 Å². The molecular formula is C21H20N2O2S. The molecule has 4 nitrogen and oxygen atoms in total. The standard InChI is InChI=1S/C21H20N2O2S/c24-26(25)20-9-5-4-8-19(20)22-21(26)16-12-17-10-11-18(13-16)23(17)14-15-6-2-1-3-7-15/h1-9,12,17-18H,10-11,13-14H2. The fourth-order valence-electron chi connectivity index (χ4n) is 4.41. The third kappa shape index (κ3) is 2.46. The van der Waals surface area contributed by atoms with Gasteiger partial charge in [0.1, 0.15) is 0 Å². The average Bonchev–Trinajstić information content (AvgIpc) is 3.05. The molecule has 0 saturated carbocycles. The maximum absolute atomic E-state index is 12.9. The summed E-state index contributed by atoms with van der Waals surface area (Å²) in [5, 5.41) is 0.273. The Morgan fingerprint density at radius 3 is 2.54 bits per heavy atom. The molecule has 3 heterocycles. The molecule has 0 N–H and O–H groups in total. The van der Waals surface area contributed by atoms with Crippen molar-refractivity contribution in [3.63, 3.8) is 0 Å². The Morgan fingerprint density at radius 2 is 1.77 bits per heavy atom. The Hall–Kier alpha value is -2.24. The summed E-state index contributed by atoms with van der Waals surface area (Å²) in [5.74, 6) is 0. The van der Waals surface area contributed by atoms with Gasteiger partial charge in [-0.1, -0.05) is 48.5 Å². The molecular weight excluding hydrogens is 344 g/mol. The lowest BCUT2D eigenvalue weighted by Gasteiger charge is -2.33. The van der Waals surface area contributed by atoms with Crippen molar-refractivity contribution in [2.75, 3.05) is 0 Å². The zero-order valence-electron chi connectivity index (χ0n) is 14.4. The highest BCUT2D eigenvalue weighted by molar-refractivity contribution is 8.07. The fourth-order valence-corrected chi connectivity index (χ4v) is 5.98. The van der Waals surface area contributed by atoms with E-state index >= 15 is 0 Å². The number of aliphatic imine (C=N–C) groups is 1. The van der Waals surface area contributed by atoms with E-state index in [1.165, 1.54) is 5.56 Å². The van der Waals surface area contributed by atoms with Crippen LogP contribution in [0, 0.1) is 0 Å². The Kier molecular flexibility index (Phi) is 3.62. The topological polar surface area (TPSA) is 49.7 Å². The molecule has 0 radical (unpaired) electrons. The van der Waals surface area contributed by atoms with Crippen molar-refractivity contribution in [3.05, 3.63) is 71.8 Å². The van der Waals surface area contributed by atoms with Gasteiger partial charge in [0, 0.05) is 18.6 Å². The predicted molar refractivity (Wildman–Crippen MR) is 102 cm³/mol. The van der Waals surface area contributed by atoms with Crippen LogP contribution in [0.4, 0.5) is 5.69 Å². The van der Waals surface area contributed by atoms with Crippen LogP contribution < -0.4 is 0 Å². The van der Waals surface area contributed by atoms with E-state index in [9.17, 15) is 8.42 Å². The van der Waals surface area contributed by atoms with Gasteiger partial charge in [0.05, 0.1) is 10.6 Å². The minimum atomic E-state index is -3.48. The molecule has 2 bridgehead atoms. The van der Waals surface area contributed by atoms with E-state index in [2.05, 4.69) is 40.2 Å². The maximum atomic E-state index is 12.9. The van der Waals surface area contributed by atoms with Crippen molar-refractivity contribution in [2.24, 2.45) is 4.99 Å². The molecule has 0 amide bonds. The van der Waals surface area contributed by atoms with Crippen molar-refractivity contribution in [3.8, 4) is 0 Å². The van der Waals surface area contributed by atoms with Crippen molar-refractivity contribution >= 4 is 20.6 Å². The first-order chi connectivity index (χ1) is 12.6. The highest BCUT2D eigenvalue weighted by Crippen LogP contribution is 2.41. The monoisotopic (exact) mass is 364 g/mol. The van der Waals surface area contributed by atoms with Crippen LogP contribution in [0.2, 0.25) is 0 Å². The summed E-state index contributed by atoms with van der Waals surface area (Å²) in [5.41, 5.74) is 2.78. The van der Waals surface area contributed by atoms with Gasteiger partial charge in [0.25, 0.3) is 0 Å². The number of rotatable bonds is 3. The van der Waals surface area contributed by atoms with Crippen molar-refractivity contribution < 1.29 is 8.42 Å². The van der Waals surface area contributed by atoms with Gasteiger partial charge in [-0.25, -0.2) is 13.4 Å². The minimum Gasteiger partial charge on any atom is -0.289 e. The van der Waals surface area contributed by atoms with Crippen LogP contribution in [0.15, 0.2) is 76.1 Å². The smallest absolute Gasteiger partial charge is 0.226 e. The number of fused-ring (bicyclic) bond motifs is 3. The SMILES string of the molecule is O=S1(=O)C(C2=CC3CCC(C2)N3Cc2ccccc2)=Nc2ccccc21. The van der Waals surface area contributed by atoms with Gasteiger partial charge < -0.3 is 0 Å². The second kappa shape index (κ2) is 5.89. The highest BCUT2D eigenvalue weighted by Gasteiger charge is 2.41. The zero-order chi connectivity index (χ0) is 17.7. The van der Waals surface area contributed by atoms with Gasteiger partial charge in [-0.05, 0) is 42.5 Å². The molecule has 0 aromatic heterocycles. The molecule has 1 fully saturated rings. The van der Waals surface area contributed by atoms with Crippen molar-refractivity contribution in [1.82, 2.24) is 4.90 Å². The van der Waals surface area contributed by atoms with E-state index in [0.717, 1.165) is 31.4 Å². The molecule has 5 heteroatoms. The third-order valence-electron chi connectivity index (χ3n) is 5.65. The van der Waals surface area contributed by atoms with Crippen LogP contribution in [-0.4, -0.2) is 30.4 Å². The Bertz CT molecular complexity index is 1020. The molecule has 2 aromatic rings. The summed E-state index contributed by atoms with van der Waals surface area (Å²) < 4.78 is 25.8. The van der Waals surface area contributed by atoms with Crippen molar-refractivity contribution in [1.29, 1.82) is 0 Å². The molecule has 2 atom stereocenters. The van der Waals surface area contributed by atoms with Crippen LogP contribution in [0.5, 0.6) is 0 Å². The number of nitrogens with zero attached hydrogens (tertiary/aromatic N) is 2. The third-order valence-corrected chi connectivity index (χ3v) is 7.44. The lowest BCUT2D eigenvalue weighted by atomic mass is 10.0. The largest absolute Gasteiger partial charge is 0.289 e. The quantitative estimate of drug-likeness (QED) is 0.831. The Labute approximate surface area is 153 Å². The van der Waals surface area contributed by atoms with Crippen LogP contribution in [0.25, 0.3) is 0 Å². The normalized spacial score (nSPS) is 26.3. The van der Waals surface area contributed by atoms with Gasteiger partial charge >= 0.3 is 0 Å². The fraction of sp³-hybridized carbons (Fsp3) is 0.286. The second-order valence-electron chi connectivity index (χ2n) is 7.24. The minimum absolute atomic E-state index is 0.273. The summed E-state index contributed by atoms with van der Waals surface area (Å²) in [6.45, 7) is 0.916. The van der Waals surface area contributed by atoms with Crippen LogP contribution in [0.3, 0.4) is 0 Å².